The second kappa shape index (κ2) is 8.62. The fourth-order valence-corrected chi connectivity index (χ4v) is 4.28. The average molecular weight is 426 g/mol. The van der Waals surface area contributed by atoms with Crippen LogP contribution < -0.4 is 10.6 Å². The summed E-state index contributed by atoms with van der Waals surface area (Å²) in [6.45, 7) is 0. The van der Waals surface area contributed by atoms with Gasteiger partial charge in [-0.25, -0.2) is 0 Å². The van der Waals surface area contributed by atoms with E-state index in [1.165, 1.54) is 6.07 Å². The highest BCUT2D eigenvalue weighted by atomic mass is 79.9. The van der Waals surface area contributed by atoms with Crippen LogP contribution in [0.1, 0.15) is 5.56 Å². The van der Waals surface area contributed by atoms with Crippen molar-refractivity contribution in [3.05, 3.63) is 99.0 Å². The van der Waals surface area contributed by atoms with E-state index in [2.05, 4.69) is 28.0 Å². The van der Waals surface area contributed by atoms with Gasteiger partial charge in [0.25, 0.3) is 5.69 Å². The van der Waals surface area contributed by atoms with E-state index in [0.29, 0.717) is 10.0 Å². The summed E-state index contributed by atoms with van der Waals surface area (Å²) >= 11 is 3.32. The van der Waals surface area contributed by atoms with Crippen molar-refractivity contribution >= 4 is 40.4 Å². The van der Waals surface area contributed by atoms with Crippen LogP contribution in [-0.2, 0) is 4.52 Å². The number of nitro groups is 1. The van der Waals surface area contributed by atoms with Crippen LogP contribution in [-0.4, -0.2) is 4.92 Å². The molecule has 0 aliphatic rings. The maximum absolute atomic E-state index is 11.2. The van der Waals surface area contributed by atoms with Gasteiger partial charge in [0.1, 0.15) is 11.7 Å². The van der Waals surface area contributed by atoms with Crippen molar-refractivity contribution in [3.63, 3.8) is 0 Å². The summed E-state index contributed by atoms with van der Waals surface area (Å²) in [6, 6.07) is 24.4. The van der Waals surface area contributed by atoms with Gasteiger partial charge in [-0.05, 0) is 27.9 Å². The highest BCUT2D eigenvalue weighted by Crippen LogP contribution is 2.34. The SMILES string of the molecule is O=[N+]([O-])c1cccc(Br)c1C#COP(c1ccccc1)c1ccccc1. The lowest BCUT2D eigenvalue weighted by atomic mass is 10.2. The molecule has 0 aliphatic carbocycles. The average Bonchev–Trinajstić information content (AvgIpc) is 2.67. The molecule has 0 N–H and O–H groups in total. The maximum Gasteiger partial charge on any atom is 0.286 e. The van der Waals surface area contributed by atoms with E-state index in [-0.39, 0.29) is 5.69 Å². The number of benzene rings is 3. The van der Waals surface area contributed by atoms with Crippen LogP contribution in [0.2, 0.25) is 0 Å². The molecule has 0 unspecified atom stereocenters. The smallest absolute Gasteiger partial charge is 0.286 e. The van der Waals surface area contributed by atoms with Crippen LogP contribution in [0.15, 0.2) is 83.3 Å². The van der Waals surface area contributed by atoms with Gasteiger partial charge in [-0.1, -0.05) is 66.7 Å². The zero-order valence-corrected chi connectivity index (χ0v) is 16.0. The molecule has 0 spiro atoms. The van der Waals surface area contributed by atoms with Gasteiger partial charge in [0, 0.05) is 21.1 Å². The van der Waals surface area contributed by atoms with E-state index in [9.17, 15) is 10.1 Å². The van der Waals surface area contributed by atoms with Crippen LogP contribution >= 0.6 is 24.1 Å². The molecule has 0 aromatic heterocycles. The van der Waals surface area contributed by atoms with E-state index >= 15 is 0 Å². The highest BCUT2D eigenvalue weighted by Gasteiger charge is 2.17. The lowest BCUT2D eigenvalue weighted by Crippen LogP contribution is -2.12. The predicted octanol–water partition coefficient (Wildman–Crippen LogP) is 4.73. The first-order valence-electron chi connectivity index (χ1n) is 7.68. The molecule has 0 saturated carbocycles. The van der Waals surface area contributed by atoms with E-state index in [4.69, 9.17) is 4.52 Å². The molecule has 3 rings (SSSR count). The molecule has 4 nitrogen and oxygen atoms in total. The van der Waals surface area contributed by atoms with Crippen LogP contribution in [0.25, 0.3) is 0 Å². The number of rotatable bonds is 4. The van der Waals surface area contributed by atoms with Gasteiger partial charge in [-0.15, -0.1) is 0 Å². The minimum absolute atomic E-state index is 0.0563. The Bertz CT molecular complexity index is 929. The van der Waals surface area contributed by atoms with E-state index in [1.807, 2.05) is 60.7 Å². The number of halogens is 1. The summed E-state index contributed by atoms with van der Waals surface area (Å²) in [5.41, 5.74) is 0.243. The molecule has 0 bridgehead atoms. The van der Waals surface area contributed by atoms with Crippen LogP contribution in [0, 0.1) is 22.1 Å². The molecule has 0 radical (unpaired) electrons. The first-order chi connectivity index (χ1) is 12.7. The van der Waals surface area contributed by atoms with E-state index in [0.717, 1.165) is 10.6 Å². The Morgan fingerprint density at radius 2 is 1.46 bits per heavy atom. The fourth-order valence-electron chi connectivity index (χ4n) is 2.29. The lowest BCUT2D eigenvalue weighted by Gasteiger charge is -2.14. The molecule has 6 heteroatoms. The topological polar surface area (TPSA) is 52.4 Å². The third-order valence-electron chi connectivity index (χ3n) is 3.48. The van der Waals surface area contributed by atoms with E-state index < -0.39 is 13.1 Å². The molecule has 0 saturated heterocycles. The van der Waals surface area contributed by atoms with Gasteiger partial charge in [-0.3, -0.25) is 10.1 Å². The summed E-state index contributed by atoms with van der Waals surface area (Å²) in [5, 5.41) is 13.2. The van der Waals surface area contributed by atoms with Crippen molar-refractivity contribution in [2.24, 2.45) is 0 Å². The van der Waals surface area contributed by atoms with Gasteiger partial charge in [0.15, 0.2) is 8.15 Å². The zero-order valence-electron chi connectivity index (χ0n) is 13.5. The Hall–Kier alpha value is -2.67. The minimum Gasteiger partial charge on any atom is -0.416 e. The largest absolute Gasteiger partial charge is 0.416 e. The Balaban J connectivity index is 1.94. The Morgan fingerprint density at radius 1 is 0.885 bits per heavy atom. The molecule has 3 aromatic carbocycles. The molecule has 128 valence electrons. The van der Waals surface area contributed by atoms with Gasteiger partial charge >= 0.3 is 0 Å². The maximum atomic E-state index is 11.2. The highest BCUT2D eigenvalue weighted by molar-refractivity contribution is 9.10. The first kappa shape index (κ1) is 18.1. The second-order valence-corrected chi connectivity index (χ2v) is 7.83. The summed E-state index contributed by atoms with van der Waals surface area (Å²) < 4.78 is 6.43. The summed E-state index contributed by atoms with van der Waals surface area (Å²) in [5.74, 6) is 2.79. The van der Waals surface area contributed by atoms with Gasteiger partial charge in [-0.2, -0.15) is 0 Å². The van der Waals surface area contributed by atoms with Crippen LogP contribution in [0.3, 0.4) is 0 Å². The fraction of sp³-hybridized carbons (Fsp3) is 0. The molecule has 0 amide bonds. The third-order valence-corrected chi connectivity index (χ3v) is 5.95. The number of nitrogens with zero attached hydrogens (tertiary/aromatic N) is 1. The Kier molecular flexibility index (Phi) is 6.01. The quantitative estimate of drug-likeness (QED) is 0.262. The van der Waals surface area contributed by atoms with Crippen molar-refractivity contribution < 1.29 is 9.45 Å². The van der Waals surface area contributed by atoms with Gasteiger partial charge in [0.05, 0.1) is 4.92 Å². The summed E-state index contributed by atoms with van der Waals surface area (Å²) in [7, 11) is -1.14. The Labute approximate surface area is 160 Å². The summed E-state index contributed by atoms with van der Waals surface area (Å²) in [4.78, 5) is 10.7. The normalized spacial score (nSPS) is 10.1. The molecular weight excluding hydrogens is 413 g/mol. The molecule has 26 heavy (non-hydrogen) atoms. The van der Waals surface area contributed by atoms with Crippen molar-refractivity contribution in [1.29, 1.82) is 0 Å². The molecule has 3 aromatic rings. The van der Waals surface area contributed by atoms with Crippen molar-refractivity contribution in [1.82, 2.24) is 0 Å². The van der Waals surface area contributed by atoms with Crippen molar-refractivity contribution in [2.75, 3.05) is 0 Å². The van der Waals surface area contributed by atoms with Crippen molar-refractivity contribution in [2.45, 2.75) is 0 Å². The standard InChI is InChI=1S/C20H13BrNO3P/c21-19-12-7-13-20(22(23)24)18(19)14-15-25-26(16-8-3-1-4-9-16)17-10-5-2-6-11-17/h1-13H. The van der Waals surface area contributed by atoms with Gasteiger partial charge < -0.3 is 4.52 Å². The molecule has 0 fully saturated rings. The zero-order chi connectivity index (χ0) is 18.4. The van der Waals surface area contributed by atoms with Crippen molar-refractivity contribution in [3.8, 4) is 12.0 Å². The van der Waals surface area contributed by atoms with E-state index in [1.54, 1.807) is 12.1 Å². The molecule has 0 atom stereocenters. The number of hydrogen-bond acceptors (Lipinski definition) is 3. The molecule has 0 heterocycles. The number of nitro benzene ring substituents is 1. The van der Waals surface area contributed by atoms with Crippen LogP contribution in [0.5, 0.6) is 0 Å². The molecular formula is C20H13BrNO3P. The van der Waals surface area contributed by atoms with Gasteiger partial charge in [0.2, 0.25) is 0 Å². The predicted molar refractivity (Wildman–Crippen MR) is 108 cm³/mol. The Morgan fingerprint density at radius 3 is 2.00 bits per heavy atom. The first-order valence-corrected chi connectivity index (χ1v) is 9.73. The minimum atomic E-state index is -1.14. The molecule has 0 aliphatic heterocycles. The number of hydrogen-bond donors (Lipinski definition) is 0. The van der Waals surface area contributed by atoms with Crippen LogP contribution in [0.4, 0.5) is 5.69 Å². The third kappa shape index (κ3) is 4.29. The summed E-state index contributed by atoms with van der Waals surface area (Å²) in [6.07, 6.45) is 2.68. The monoisotopic (exact) mass is 425 g/mol. The second-order valence-electron chi connectivity index (χ2n) is 5.17. The lowest BCUT2D eigenvalue weighted by molar-refractivity contribution is -0.385.